The van der Waals surface area contributed by atoms with E-state index >= 15 is 0 Å². The Bertz CT molecular complexity index is 747. The Morgan fingerprint density at radius 3 is 2.96 bits per heavy atom. The summed E-state index contributed by atoms with van der Waals surface area (Å²) in [6.45, 7) is 3.17. The van der Waals surface area contributed by atoms with Gasteiger partial charge in [-0.3, -0.25) is 9.97 Å². The molecule has 1 aliphatic heterocycles. The third-order valence-corrected chi connectivity index (χ3v) is 7.25. The van der Waals surface area contributed by atoms with Crippen LogP contribution in [-0.2, 0) is 21.2 Å². The summed E-state index contributed by atoms with van der Waals surface area (Å²) < 4.78 is 33.1. The van der Waals surface area contributed by atoms with E-state index in [1.54, 1.807) is 34.2 Å². The summed E-state index contributed by atoms with van der Waals surface area (Å²) in [4.78, 5) is 8.56. The van der Waals surface area contributed by atoms with Gasteiger partial charge in [0.05, 0.1) is 24.6 Å². The molecule has 1 atom stereocenters. The van der Waals surface area contributed by atoms with Gasteiger partial charge in [-0.2, -0.15) is 4.31 Å². The number of aryl methyl sites for hydroxylation is 2. The van der Waals surface area contributed by atoms with Crippen LogP contribution in [0.5, 0.6) is 0 Å². The van der Waals surface area contributed by atoms with Gasteiger partial charge in [0.2, 0.25) is 0 Å². The van der Waals surface area contributed by atoms with Crippen LogP contribution in [0.1, 0.15) is 17.8 Å². The van der Waals surface area contributed by atoms with Gasteiger partial charge >= 0.3 is 0 Å². The third kappa shape index (κ3) is 3.60. The van der Waals surface area contributed by atoms with E-state index in [4.69, 9.17) is 4.74 Å². The lowest BCUT2D eigenvalue weighted by Crippen LogP contribution is -2.48. The molecular formula is C15H19N3O3S2. The quantitative estimate of drug-likeness (QED) is 0.820. The molecule has 0 N–H and O–H groups in total. The lowest BCUT2D eigenvalue weighted by atomic mass is 10.1. The SMILES string of the molecule is Cc1nccnc1CC[C@H]1COCCN1S(=O)(=O)c1cccs1. The molecule has 0 unspecified atom stereocenters. The Morgan fingerprint density at radius 2 is 2.22 bits per heavy atom. The van der Waals surface area contributed by atoms with Crippen molar-refractivity contribution in [3.8, 4) is 0 Å². The molecule has 2 aromatic heterocycles. The first-order valence-corrected chi connectivity index (χ1v) is 9.80. The first-order valence-electron chi connectivity index (χ1n) is 7.48. The Labute approximate surface area is 140 Å². The summed E-state index contributed by atoms with van der Waals surface area (Å²) in [5, 5.41) is 1.78. The average Bonchev–Trinajstić information content (AvgIpc) is 3.10. The second-order valence-electron chi connectivity index (χ2n) is 5.40. The maximum atomic E-state index is 12.8. The number of sulfonamides is 1. The molecule has 6 nitrogen and oxygen atoms in total. The summed E-state index contributed by atoms with van der Waals surface area (Å²) in [7, 11) is -3.45. The fourth-order valence-electron chi connectivity index (χ4n) is 2.69. The van der Waals surface area contributed by atoms with Crippen LogP contribution in [0.25, 0.3) is 0 Å². The predicted octanol–water partition coefficient (Wildman–Crippen LogP) is 1.87. The van der Waals surface area contributed by atoms with Gasteiger partial charge in [-0.05, 0) is 31.2 Å². The molecule has 0 amide bonds. The molecule has 0 radical (unpaired) electrons. The second-order valence-corrected chi connectivity index (χ2v) is 8.47. The first kappa shape index (κ1) is 16.5. The van der Waals surface area contributed by atoms with Gasteiger partial charge in [0.1, 0.15) is 4.21 Å². The number of hydrogen-bond acceptors (Lipinski definition) is 6. The Morgan fingerprint density at radius 1 is 1.39 bits per heavy atom. The van der Waals surface area contributed by atoms with Crippen molar-refractivity contribution in [2.24, 2.45) is 0 Å². The van der Waals surface area contributed by atoms with E-state index in [0.717, 1.165) is 11.4 Å². The minimum absolute atomic E-state index is 0.169. The molecule has 0 bridgehead atoms. The molecular weight excluding hydrogens is 334 g/mol. The van der Waals surface area contributed by atoms with Gasteiger partial charge in [0.15, 0.2) is 0 Å². The summed E-state index contributed by atoms with van der Waals surface area (Å²) in [5.74, 6) is 0. The van der Waals surface area contributed by atoms with Crippen molar-refractivity contribution in [3.05, 3.63) is 41.3 Å². The van der Waals surface area contributed by atoms with E-state index in [2.05, 4.69) is 9.97 Å². The normalized spacial score (nSPS) is 19.8. The highest BCUT2D eigenvalue weighted by molar-refractivity contribution is 7.91. The van der Waals surface area contributed by atoms with Gasteiger partial charge in [0, 0.05) is 25.0 Å². The zero-order valence-electron chi connectivity index (χ0n) is 12.9. The Balaban J connectivity index is 1.76. The molecule has 0 saturated carbocycles. The van der Waals surface area contributed by atoms with E-state index < -0.39 is 10.0 Å². The molecule has 1 saturated heterocycles. The minimum atomic E-state index is -3.45. The van der Waals surface area contributed by atoms with Crippen molar-refractivity contribution in [2.45, 2.75) is 30.0 Å². The highest BCUT2D eigenvalue weighted by Gasteiger charge is 2.34. The number of morpholine rings is 1. The Hall–Kier alpha value is -1.35. The summed E-state index contributed by atoms with van der Waals surface area (Å²) in [5.41, 5.74) is 1.79. The molecule has 0 aliphatic carbocycles. The van der Waals surface area contributed by atoms with E-state index in [0.29, 0.717) is 36.8 Å². The average molecular weight is 353 g/mol. The maximum Gasteiger partial charge on any atom is 0.252 e. The standard InChI is InChI=1S/C15H19N3O3S2/c1-12-14(17-7-6-16-12)5-4-13-11-21-9-8-18(13)23(19,20)15-3-2-10-22-15/h2-3,6-7,10,13H,4-5,8-9,11H2,1H3/t13-/m0/s1. The summed E-state index contributed by atoms with van der Waals surface area (Å²) in [6.07, 6.45) is 4.68. The summed E-state index contributed by atoms with van der Waals surface area (Å²) >= 11 is 1.25. The molecule has 3 heterocycles. The zero-order valence-corrected chi connectivity index (χ0v) is 14.5. The maximum absolute atomic E-state index is 12.8. The highest BCUT2D eigenvalue weighted by atomic mass is 32.2. The van der Waals surface area contributed by atoms with Crippen LogP contribution in [0.2, 0.25) is 0 Å². The van der Waals surface area contributed by atoms with E-state index in [1.807, 2.05) is 6.92 Å². The molecule has 8 heteroatoms. The number of rotatable bonds is 5. The van der Waals surface area contributed by atoms with Crippen molar-refractivity contribution in [2.75, 3.05) is 19.8 Å². The molecule has 1 aliphatic rings. The first-order chi connectivity index (χ1) is 11.1. The van der Waals surface area contributed by atoms with Crippen LogP contribution in [0.3, 0.4) is 0 Å². The Kier molecular flexibility index (Phi) is 5.05. The van der Waals surface area contributed by atoms with Crippen molar-refractivity contribution < 1.29 is 13.2 Å². The fourth-order valence-corrected chi connectivity index (χ4v) is 5.44. The number of ether oxygens (including phenoxy) is 1. The van der Waals surface area contributed by atoms with Crippen molar-refractivity contribution >= 4 is 21.4 Å². The predicted molar refractivity (Wildman–Crippen MR) is 87.9 cm³/mol. The van der Waals surface area contributed by atoms with Gasteiger partial charge in [-0.1, -0.05) is 6.07 Å². The molecule has 124 valence electrons. The second kappa shape index (κ2) is 7.04. The monoisotopic (exact) mass is 353 g/mol. The lowest BCUT2D eigenvalue weighted by molar-refractivity contribution is 0.0298. The molecule has 2 aromatic rings. The number of nitrogens with zero attached hydrogens (tertiary/aromatic N) is 3. The van der Waals surface area contributed by atoms with Gasteiger partial charge in [0.25, 0.3) is 10.0 Å². The smallest absolute Gasteiger partial charge is 0.252 e. The molecule has 0 aromatic carbocycles. The van der Waals surface area contributed by atoms with Crippen LogP contribution in [0, 0.1) is 6.92 Å². The topological polar surface area (TPSA) is 72.4 Å². The van der Waals surface area contributed by atoms with E-state index in [1.165, 1.54) is 11.3 Å². The van der Waals surface area contributed by atoms with Crippen LogP contribution in [-0.4, -0.2) is 48.5 Å². The minimum Gasteiger partial charge on any atom is -0.378 e. The van der Waals surface area contributed by atoms with Gasteiger partial charge in [-0.25, -0.2) is 8.42 Å². The van der Waals surface area contributed by atoms with Crippen molar-refractivity contribution in [1.29, 1.82) is 0 Å². The van der Waals surface area contributed by atoms with Crippen molar-refractivity contribution in [3.63, 3.8) is 0 Å². The van der Waals surface area contributed by atoms with E-state index in [-0.39, 0.29) is 6.04 Å². The van der Waals surface area contributed by atoms with Crippen molar-refractivity contribution in [1.82, 2.24) is 14.3 Å². The highest BCUT2D eigenvalue weighted by Crippen LogP contribution is 2.26. The number of thiophene rings is 1. The van der Waals surface area contributed by atoms with E-state index in [9.17, 15) is 8.42 Å². The number of hydrogen-bond donors (Lipinski definition) is 0. The zero-order chi connectivity index (χ0) is 16.3. The molecule has 1 fully saturated rings. The van der Waals surface area contributed by atoms with Crippen LogP contribution in [0.15, 0.2) is 34.1 Å². The van der Waals surface area contributed by atoms with Gasteiger partial charge in [-0.15, -0.1) is 11.3 Å². The molecule has 0 spiro atoms. The van der Waals surface area contributed by atoms with Crippen LogP contribution < -0.4 is 0 Å². The van der Waals surface area contributed by atoms with Crippen LogP contribution >= 0.6 is 11.3 Å². The van der Waals surface area contributed by atoms with Crippen LogP contribution in [0.4, 0.5) is 0 Å². The third-order valence-electron chi connectivity index (χ3n) is 3.93. The molecule has 3 rings (SSSR count). The molecule has 23 heavy (non-hydrogen) atoms. The fraction of sp³-hybridized carbons (Fsp3) is 0.467. The lowest BCUT2D eigenvalue weighted by Gasteiger charge is -2.34. The largest absolute Gasteiger partial charge is 0.378 e. The van der Waals surface area contributed by atoms with Gasteiger partial charge < -0.3 is 4.74 Å². The summed E-state index contributed by atoms with van der Waals surface area (Å²) in [6, 6.07) is 3.24. The number of aromatic nitrogens is 2.